The molecule has 0 N–H and O–H groups in total. The van der Waals surface area contributed by atoms with Gasteiger partial charge in [0, 0.05) is 6.61 Å². The first kappa shape index (κ1) is 14.8. The average Bonchev–Trinajstić information content (AvgIpc) is 2.56. The van der Waals surface area contributed by atoms with Crippen LogP contribution in [0.3, 0.4) is 0 Å². The predicted octanol–water partition coefficient (Wildman–Crippen LogP) is 0.825. The normalized spacial score (nSPS) is 20.9. The van der Waals surface area contributed by atoms with Crippen LogP contribution in [-0.4, -0.2) is 35.4 Å². The maximum Gasteiger partial charge on any atom is 0.495 e. The lowest BCUT2D eigenvalue weighted by Crippen LogP contribution is -2.41. The van der Waals surface area contributed by atoms with E-state index in [1.54, 1.807) is 0 Å². The van der Waals surface area contributed by atoms with Gasteiger partial charge in [-0.25, -0.2) is 0 Å². The second-order valence-corrected chi connectivity index (χ2v) is 6.61. The van der Waals surface area contributed by atoms with E-state index in [1.807, 2.05) is 6.07 Å². The molecule has 0 bridgehead atoms. The molecule has 0 amide bonds. The summed E-state index contributed by atoms with van der Waals surface area (Å²) in [5, 5.41) is 0. The molecule has 1 aromatic carbocycles. The third kappa shape index (κ3) is 2.94. The molecular formula is C14H23BO3Si. The molecule has 2 rings (SSSR count). The lowest BCUT2D eigenvalue weighted by Gasteiger charge is -2.32. The molecule has 0 saturated carbocycles. The van der Waals surface area contributed by atoms with Crippen LogP contribution in [0.2, 0.25) is 0 Å². The molecule has 0 spiro atoms. The number of benzene rings is 1. The Balaban J connectivity index is 2.24. The molecule has 1 fully saturated rings. The summed E-state index contributed by atoms with van der Waals surface area (Å²) < 4.78 is 17.5. The molecule has 1 aromatic rings. The first-order valence-corrected chi connectivity index (χ1v) is 7.61. The van der Waals surface area contributed by atoms with Crippen LogP contribution in [0, 0.1) is 0 Å². The Bertz CT molecular complexity index is 432. The molecule has 5 heteroatoms. The van der Waals surface area contributed by atoms with Crippen molar-refractivity contribution in [3.8, 4) is 0 Å². The second-order valence-electron chi connectivity index (χ2n) is 6.03. The first-order chi connectivity index (χ1) is 8.87. The number of rotatable bonds is 4. The van der Waals surface area contributed by atoms with Crippen molar-refractivity contribution in [2.24, 2.45) is 0 Å². The molecule has 1 heterocycles. The van der Waals surface area contributed by atoms with E-state index < -0.39 is 0 Å². The summed E-state index contributed by atoms with van der Waals surface area (Å²) in [4.78, 5) is 0. The van der Waals surface area contributed by atoms with Crippen LogP contribution in [0.4, 0.5) is 0 Å². The van der Waals surface area contributed by atoms with Gasteiger partial charge in [-0.15, -0.1) is 0 Å². The lowest BCUT2D eigenvalue weighted by atomic mass is 9.75. The fourth-order valence-corrected chi connectivity index (χ4v) is 2.38. The van der Waals surface area contributed by atoms with E-state index in [4.69, 9.17) is 13.7 Å². The molecule has 1 aliphatic heterocycles. The van der Waals surface area contributed by atoms with Gasteiger partial charge in [0.05, 0.1) is 11.2 Å². The Kier molecular flexibility index (Phi) is 4.20. The fourth-order valence-electron chi connectivity index (χ4n) is 2.17. The Morgan fingerprint density at radius 2 is 1.68 bits per heavy atom. The standard InChI is InChI=1S/C14H23BO3Si/c1-13(2)14(3,4)18-15(17-13)12-8-6-5-7-11(12)9-10-16-19/h5-8H,9-10H2,1-4,19H3. The molecule has 0 atom stereocenters. The molecule has 104 valence electrons. The SMILES string of the molecule is CC1(C)OB(c2ccccc2CCO[SiH3])OC1(C)C. The minimum Gasteiger partial charge on any atom is -0.428 e. The zero-order valence-corrected chi connectivity index (χ0v) is 14.5. The zero-order chi connectivity index (χ0) is 14.1. The maximum atomic E-state index is 6.12. The Morgan fingerprint density at radius 1 is 1.11 bits per heavy atom. The predicted molar refractivity (Wildman–Crippen MR) is 81.8 cm³/mol. The third-order valence-electron chi connectivity index (χ3n) is 4.14. The van der Waals surface area contributed by atoms with Gasteiger partial charge in [0.1, 0.15) is 10.5 Å². The van der Waals surface area contributed by atoms with Crippen LogP contribution in [0.1, 0.15) is 33.3 Å². The van der Waals surface area contributed by atoms with Gasteiger partial charge in [-0.2, -0.15) is 0 Å². The largest absolute Gasteiger partial charge is 0.495 e. The second kappa shape index (κ2) is 5.40. The van der Waals surface area contributed by atoms with Crippen molar-refractivity contribution in [1.82, 2.24) is 0 Å². The summed E-state index contributed by atoms with van der Waals surface area (Å²) in [6.07, 6.45) is 0.906. The molecule has 0 unspecified atom stereocenters. The minimum atomic E-state index is -0.293. The molecule has 3 nitrogen and oxygen atoms in total. The van der Waals surface area contributed by atoms with Crippen molar-refractivity contribution in [1.29, 1.82) is 0 Å². The smallest absolute Gasteiger partial charge is 0.428 e. The van der Waals surface area contributed by atoms with Crippen LogP contribution in [0.5, 0.6) is 0 Å². The topological polar surface area (TPSA) is 27.7 Å². The van der Waals surface area contributed by atoms with Gasteiger partial charge in [-0.3, -0.25) is 0 Å². The van der Waals surface area contributed by atoms with Crippen LogP contribution in [0.15, 0.2) is 24.3 Å². The highest BCUT2D eigenvalue weighted by Gasteiger charge is 2.52. The van der Waals surface area contributed by atoms with E-state index in [2.05, 4.69) is 45.9 Å². The zero-order valence-electron chi connectivity index (χ0n) is 12.5. The quantitative estimate of drug-likeness (QED) is 0.763. The van der Waals surface area contributed by atoms with Gasteiger partial charge in [-0.1, -0.05) is 24.3 Å². The van der Waals surface area contributed by atoms with Crippen molar-refractivity contribution in [3.05, 3.63) is 29.8 Å². The molecule has 0 radical (unpaired) electrons. The van der Waals surface area contributed by atoms with Crippen molar-refractivity contribution in [2.45, 2.75) is 45.3 Å². The monoisotopic (exact) mass is 278 g/mol. The Morgan fingerprint density at radius 3 is 2.26 bits per heavy atom. The number of hydrogen-bond donors (Lipinski definition) is 0. The van der Waals surface area contributed by atoms with Crippen molar-refractivity contribution in [3.63, 3.8) is 0 Å². The van der Waals surface area contributed by atoms with Crippen molar-refractivity contribution >= 4 is 23.1 Å². The summed E-state index contributed by atoms with van der Waals surface area (Å²) in [6, 6.07) is 8.30. The van der Waals surface area contributed by atoms with E-state index in [0.717, 1.165) is 29.0 Å². The van der Waals surface area contributed by atoms with Crippen LogP contribution < -0.4 is 5.46 Å². The molecule has 0 aliphatic carbocycles. The molecule has 19 heavy (non-hydrogen) atoms. The van der Waals surface area contributed by atoms with Crippen LogP contribution in [-0.2, 0) is 20.2 Å². The highest BCUT2D eigenvalue weighted by Crippen LogP contribution is 2.36. The average molecular weight is 278 g/mol. The van der Waals surface area contributed by atoms with E-state index in [0.29, 0.717) is 0 Å². The Hall–Kier alpha value is -0.618. The van der Waals surface area contributed by atoms with Gasteiger partial charge in [0.15, 0.2) is 0 Å². The third-order valence-corrected chi connectivity index (χ3v) is 4.55. The molecule has 0 aromatic heterocycles. The van der Waals surface area contributed by atoms with Crippen molar-refractivity contribution in [2.75, 3.05) is 6.61 Å². The maximum absolute atomic E-state index is 6.12. The molecule has 1 aliphatic rings. The molecular weight excluding hydrogens is 255 g/mol. The Labute approximate surface area is 119 Å². The number of hydrogen-bond acceptors (Lipinski definition) is 3. The van der Waals surface area contributed by atoms with E-state index in [-0.39, 0.29) is 18.3 Å². The van der Waals surface area contributed by atoms with Crippen LogP contribution in [0.25, 0.3) is 0 Å². The van der Waals surface area contributed by atoms with Crippen molar-refractivity contribution < 1.29 is 13.7 Å². The van der Waals surface area contributed by atoms with E-state index in [9.17, 15) is 0 Å². The summed E-state index contributed by atoms with van der Waals surface area (Å²) in [6.45, 7) is 9.09. The summed E-state index contributed by atoms with van der Waals surface area (Å²) >= 11 is 0. The van der Waals surface area contributed by atoms with Crippen LogP contribution >= 0.6 is 0 Å². The highest BCUT2D eigenvalue weighted by molar-refractivity contribution is 6.62. The van der Waals surface area contributed by atoms with Gasteiger partial charge in [0.2, 0.25) is 0 Å². The summed E-state index contributed by atoms with van der Waals surface area (Å²) in [5.74, 6) is 0. The van der Waals surface area contributed by atoms with E-state index >= 15 is 0 Å². The van der Waals surface area contributed by atoms with Gasteiger partial charge < -0.3 is 13.7 Å². The van der Waals surface area contributed by atoms with Gasteiger partial charge >= 0.3 is 7.12 Å². The highest BCUT2D eigenvalue weighted by atomic mass is 28.2. The summed E-state index contributed by atoms with van der Waals surface area (Å²) in [7, 11) is 0.498. The minimum absolute atomic E-state index is 0.282. The molecule has 1 saturated heterocycles. The van der Waals surface area contributed by atoms with E-state index in [1.165, 1.54) is 5.56 Å². The first-order valence-electron chi connectivity index (χ1n) is 6.80. The van der Waals surface area contributed by atoms with Gasteiger partial charge in [-0.05, 0) is 45.1 Å². The lowest BCUT2D eigenvalue weighted by molar-refractivity contribution is 0.00578. The summed E-state index contributed by atoms with van der Waals surface area (Å²) in [5.41, 5.74) is 1.79. The fraction of sp³-hybridized carbons (Fsp3) is 0.571. The van der Waals surface area contributed by atoms with Gasteiger partial charge in [0.25, 0.3) is 0 Å².